The molecule has 1 unspecified atom stereocenters. The van der Waals surface area contributed by atoms with Gasteiger partial charge >= 0.3 is 0 Å². The van der Waals surface area contributed by atoms with Crippen LogP contribution < -0.4 is 5.56 Å². The number of rotatable bonds is 4. The molecular weight excluding hydrogens is 454 g/mol. The zero-order chi connectivity index (χ0) is 23.8. The van der Waals surface area contributed by atoms with Gasteiger partial charge in [0.1, 0.15) is 16.8 Å². The molecule has 35 heavy (non-hydrogen) atoms. The molecule has 0 spiro atoms. The zero-order valence-corrected chi connectivity index (χ0v) is 19.5. The lowest BCUT2D eigenvalue weighted by Gasteiger charge is -2.27. The molecular formula is C29H21N3O2S. The maximum Gasteiger partial charge on any atom is 0.283 e. The Kier molecular flexibility index (Phi) is 5.25. The second kappa shape index (κ2) is 8.58. The van der Waals surface area contributed by atoms with E-state index >= 15 is 0 Å². The molecule has 1 aliphatic rings. The summed E-state index contributed by atoms with van der Waals surface area (Å²) in [6, 6.07) is 29.2. The van der Waals surface area contributed by atoms with E-state index < -0.39 is 5.60 Å². The molecule has 0 radical (unpaired) electrons. The Morgan fingerprint density at radius 1 is 0.886 bits per heavy atom. The largest absolute Gasteiger partial charge is 0.380 e. The molecule has 5 aromatic rings. The van der Waals surface area contributed by atoms with Crippen LogP contribution in [-0.2, 0) is 5.60 Å². The van der Waals surface area contributed by atoms with E-state index in [-0.39, 0.29) is 12.0 Å². The Bertz CT molecular complexity index is 1640. The summed E-state index contributed by atoms with van der Waals surface area (Å²) in [6.07, 6.45) is 3.59. The third kappa shape index (κ3) is 3.73. The van der Waals surface area contributed by atoms with Crippen LogP contribution in [-0.4, -0.2) is 20.5 Å². The molecule has 1 N–H and O–H groups in total. The monoisotopic (exact) mass is 475 g/mol. The molecule has 3 aromatic carbocycles. The number of benzene rings is 3. The highest BCUT2D eigenvalue weighted by Gasteiger charge is 2.40. The summed E-state index contributed by atoms with van der Waals surface area (Å²) in [5.74, 6) is 0. The maximum atomic E-state index is 13.5. The number of thiophene rings is 1. The van der Waals surface area contributed by atoms with Crippen LogP contribution in [0.1, 0.15) is 17.5 Å². The van der Waals surface area contributed by atoms with Gasteiger partial charge in [-0.3, -0.25) is 4.79 Å². The molecule has 0 saturated carbocycles. The lowest BCUT2D eigenvalue weighted by molar-refractivity contribution is 0.113. The topological polar surface area (TPSA) is 67.5 Å². The first-order chi connectivity index (χ1) is 17.1. The fraction of sp³-hybridized carbons (Fsp3) is 0.0690. The standard InChI is InChI=1S/C29H21N3O2S/c33-28-26-24(20-10-4-1-5-11-20)18-35-27(26)30-19-32(28)31-23-16-25(21-12-6-2-7-13-21)29(34,17-23)22-14-8-3-9-15-22/h1-16,18-19,34H,17H2. The van der Waals surface area contributed by atoms with Crippen molar-refractivity contribution in [2.45, 2.75) is 12.0 Å². The van der Waals surface area contributed by atoms with Crippen molar-refractivity contribution in [3.8, 4) is 11.1 Å². The van der Waals surface area contributed by atoms with E-state index in [0.29, 0.717) is 15.9 Å². The average molecular weight is 476 g/mol. The molecule has 5 nitrogen and oxygen atoms in total. The zero-order valence-electron chi connectivity index (χ0n) is 18.7. The summed E-state index contributed by atoms with van der Waals surface area (Å²) < 4.78 is 1.28. The van der Waals surface area contributed by atoms with Crippen molar-refractivity contribution in [1.82, 2.24) is 9.66 Å². The van der Waals surface area contributed by atoms with Gasteiger partial charge in [0.05, 0.1) is 11.1 Å². The Balaban J connectivity index is 1.48. The fourth-order valence-electron chi connectivity index (χ4n) is 4.63. The molecule has 2 aromatic heterocycles. The third-order valence-electron chi connectivity index (χ3n) is 6.33. The van der Waals surface area contributed by atoms with E-state index in [1.54, 1.807) is 0 Å². The first kappa shape index (κ1) is 21.4. The van der Waals surface area contributed by atoms with Gasteiger partial charge in [0.25, 0.3) is 5.56 Å². The van der Waals surface area contributed by atoms with Gasteiger partial charge in [-0.05, 0) is 28.3 Å². The van der Waals surface area contributed by atoms with Crippen molar-refractivity contribution < 1.29 is 5.11 Å². The van der Waals surface area contributed by atoms with Gasteiger partial charge in [-0.25, -0.2) is 4.98 Å². The lowest BCUT2D eigenvalue weighted by atomic mass is 9.84. The second-order valence-corrected chi connectivity index (χ2v) is 9.37. The summed E-state index contributed by atoms with van der Waals surface area (Å²) in [5, 5.41) is 19.0. The van der Waals surface area contributed by atoms with E-state index in [0.717, 1.165) is 27.8 Å². The van der Waals surface area contributed by atoms with Gasteiger partial charge < -0.3 is 5.11 Å². The third-order valence-corrected chi connectivity index (χ3v) is 7.21. The van der Waals surface area contributed by atoms with Crippen LogP contribution in [0.3, 0.4) is 0 Å². The van der Waals surface area contributed by atoms with E-state index in [4.69, 9.17) is 0 Å². The first-order valence-corrected chi connectivity index (χ1v) is 12.2. The lowest BCUT2D eigenvalue weighted by Crippen LogP contribution is -2.26. The van der Waals surface area contributed by atoms with Crippen molar-refractivity contribution in [1.29, 1.82) is 0 Å². The van der Waals surface area contributed by atoms with E-state index in [1.165, 1.54) is 22.3 Å². The van der Waals surface area contributed by atoms with E-state index in [1.807, 2.05) is 102 Å². The van der Waals surface area contributed by atoms with Crippen LogP contribution in [0.2, 0.25) is 0 Å². The van der Waals surface area contributed by atoms with E-state index in [2.05, 4.69) is 10.1 Å². The maximum absolute atomic E-state index is 13.5. The number of allylic oxidation sites excluding steroid dienone is 1. The molecule has 2 heterocycles. The minimum Gasteiger partial charge on any atom is -0.380 e. The Labute approximate surface area is 206 Å². The number of hydrogen-bond acceptors (Lipinski definition) is 5. The summed E-state index contributed by atoms with van der Waals surface area (Å²) >= 11 is 1.44. The van der Waals surface area contributed by atoms with Gasteiger partial charge in [0.15, 0.2) is 0 Å². The van der Waals surface area contributed by atoms with Gasteiger partial charge in [0.2, 0.25) is 0 Å². The Morgan fingerprint density at radius 2 is 1.51 bits per heavy atom. The van der Waals surface area contributed by atoms with Crippen LogP contribution >= 0.6 is 11.3 Å². The molecule has 0 saturated heterocycles. The molecule has 1 aliphatic carbocycles. The first-order valence-electron chi connectivity index (χ1n) is 11.3. The molecule has 6 rings (SSSR count). The van der Waals surface area contributed by atoms with E-state index in [9.17, 15) is 9.90 Å². The minimum atomic E-state index is -1.25. The SMILES string of the molecule is O=c1c2c(-c3ccccc3)csc2ncn1N=C1C=C(c2ccccc2)C(O)(c2ccccc2)C1. The summed E-state index contributed by atoms with van der Waals surface area (Å²) in [5.41, 5.74) is 3.40. The van der Waals surface area contributed by atoms with Crippen LogP contribution in [0.5, 0.6) is 0 Å². The molecule has 0 aliphatic heterocycles. The van der Waals surface area contributed by atoms with Crippen molar-refractivity contribution >= 4 is 32.8 Å². The van der Waals surface area contributed by atoms with Crippen molar-refractivity contribution in [2.24, 2.45) is 5.10 Å². The van der Waals surface area contributed by atoms with Gasteiger partial charge in [-0.15, -0.1) is 11.3 Å². The average Bonchev–Trinajstić information content (AvgIpc) is 3.49. The molecule has 170 valence electrons. The highest BCUT2D eigenvalue weighted by atomic mass is 32.1. The summed E-state index contributed by atoms with van der Waals surface area (Å²) in [6.45, 7) is 0. The van der Waals surface area contributed by atoms with Crippen LogP contribution in [0, 0.1) is 0 Å². The van der Waals surface area contributed by atoms with Crippen molar-refractivity contribution in [3.63, 3.8) is 0 Å². The van der Waals surface area contributed by atoms with Gasteiger partial charge in [0, 0.05) is 17.4 Å². The minimum absolute atomic E-state index is 0.229. The number of hydrogen-bond donors (Lipinski definition) is 1. The normalized spacial score (nSPS) is 18.8. The predicted molar refractivity (Wildman–Crippen MR) is 142 cm³/mol. The van der Waals surface area contributed by atoms with Crippen molar-refractivity contribution in [3.05, 3.63) is 130 Å². The second-order valence-electron chi connectivity index (χ2n) is 8.51. The highest BCUT2D eigenvalue weighted by Crippen LogP contribution is 2.44. The Hall–Kier alpha value is -4.13. The molecule has 0 amide bonds. The number of aromatic nitrogens is 2. The van der Waals surface area contributed by atoms with Crippen LogP contribution in [0.4, 0.5) is 0 Å². The number of fused-ring (bicyclic) bond motifs is 1. The smallest absolute Gasteiger partial charge is 0.283 e. The number of nitrogens with zero attached hydrogens (tertiary/aromatic N) is 3. The van der Waals surface area contributed by atoms with Crippen molar-refractivity contribution in [2.75, 3.05) is 0 Å². The summed E-state index contributed by atoms with van der Waals surface area (Å²) in [4.78, 5) is 18.7. The molecule has 6 heteroatoms. The molecule has 1 atom stereocenters. The molecule has 0 fully saturated rings. The van der Waals surface area contributed by atoms with Gasteiger partial charge in [-0.1, -0.05) is 91.0 Å². The highest BCUT2D eigenvalue weighted by molar-refractivity contribution is 7.17. The van der Waals surface area contributed by atoms with Crippen LogP contribution in [0.25, 0.3) is 26.9 Å². The molecule has 0 bridgehead atoms. The van der Waals surface area contributed by atoms with Crippen LogP contribution in [0.15, 0.2) is 119 Å². The fourth-order valence-corrected chi connectivity index (χ4v) is 5.54. The quantitative estimate of drug-likeness (QED) is 0.362. The number of aliphatic hydroxyl groups is 1. The van der Waals surface area contributed by atoms with Gasteiger partial charge in [-0.2, -0.15) is 9.78 Å². The summed E-state index contributed by atoms with van der Waals surface area (Å²) in [7, 11) is 0. The Morgan fingerprint density at radius 3 is 2.20 bits per heavy atom. The predicted octanol–water partition coefficient (Wildman–Crippen LogP) is 5.70.